The van der Waals surface area contributed by atoms with Crippen LogP contribution in [0.2, 0.25) is 0 Å². The van der Waals surface area contributed by atoms with Crippen molar-refractivity contribution in [2.75, 3.05) is 20.2 Å². The maximum absolute atomic E-state index is 5.79. The maximum Gasteiger partial charge on any atom is 0.0627 e. The van der Waals surface area contributed by atoms with E-state index < -0.39 is 0 Å². The number of unbranched alkanes of at least 4 members (excludes halogenated alkanes) is 1. The summed E-state index contributed by atoms with van der Waals surface area (Å²) in [7, 11) is 1.99. The average molecular weight is 187 g/mol. The molecule has 0 aliphatic heterocycles. The first-order chi connectivity index (χ1) is 6.12. The van der Waals surface area contributed by atoms with Gasteiger partial charge in [0.2, 0.25) is 0 Å². The lowest BCUT2D eigenvalue weighted by Gasteiger charge is -2.25. The van der Waals surface area contributed by atoms with Gasteiger partial charge < -0.3 is 10.1 Å². The highest BCUT2D eigenvalue weighted by atomic mass is 16.5. The Balaban J connectivity index is 3.42. The summed E-state index contributed by atoms with van der Waals surface area (Å²) in [5, 5.41) is 3.15. The highest BCUT2D eigenvalue weighted by Gasteiger charge is 2.16. The van der Waals surface area contributed by atoms with Crippen molar-refractivity contribution in [1.82, 2.24) is 5.32 Å². The van der Waals surface area contributed by atoms with Crippen LogP contribution in [0.3, 0.4) is 0 Å². The highest BCUT2D eigenvalue weighted by molar-refractivity contribution is 4.68. The van der Waals surface area contributed by atoms with Crippen LogP contribution in [0, 0.1) is 0 Å². The smallest absolute Gasteiger partial charge is 0.0627 e. The maximum atomic E-state index is 5.79. The zero-order chi connectivity index (χ0) is 10.2. The van der Waals surface area contributed by atoms with Crippen LogP contribution in [0.5, 0.6) is 0 Å². The van der Waals surface area contributed by atoms with E-state index in [1.54, 1.807) is 0 Å². The fourth-order valence-corrected chi connectivity index (χ4v) is 1.26. The Bertz CT molecular complexity index is 101. The molecular formula is C11H25NO. The predicted octanol–water partition coefficient (Wildman–Crippen LogP) is 2.58. The van der Waals surface area contributed by atoms with Crippen molar-refractivity contribution in [2.24, 2.45) is 0 Å². The van der Waals surface area contributed by atoms with Crippen molar-refractivity contribution in [1.29, 1.82) is 0 Å². The summed E-state index contributed by atoms with van der Waals surface area (Å²) in [6.45, 7) is 8.54. The van der Waals surface area contributed by atoms with Crippen molar-refractivity contribution in [2.45, 2.75) is 52.1 Å². The Hall–Kier alpha value is -0.0800. The third-order valence-electron chi connectivity index (χ3n) is 2.20. The van der Waals surface area contributed by atoms with Gasteiger partial charge in [0.05, 0.1) is 5.60 Å². The van der Waals surface area contributed by atoms with Crippen LogP contribution in [0.1, 0.15) is 46.5 Å². The lowest BCUT2D eigenvalue weighted by atomic mass is 10.0. The summed E-state index contributed by atoms with van der Waals surface area (Å²) in [6, 6.07) is 0. The summed E-state index contributed by atoms with van der Waals surface area (Å²) < 4.78 is 5.79. The highest BCUT2D eigenvalue weighted by Crippen LogP contribution is 2.16. The minimum absolute atomic E-state index is 0.0615. The van der Waals surface area contributed by atoms with Crippen LogP contribution >= 0.6 is 0 Å². The molecule has 0 fully saturated rings. The van der Waals surface area contributed by atoms with E-state index in [0.717, 1.165) is 19.6 Å². The summed E-state index contributed by atoms with van der Waals surface area (Å²) >= 11 is 0. The molecule has 2 heteroatoms. The van der Waals surface area contributed by atoms with Crippen LogP contribution in [-0.2, 0) is 4.74 Å². The zero-order valence-electron chi connectivity index (χ0n) is 9.65. The molecule has 0 aliphatic rings. The molecule has 0 saturated carbocycles. The second-order valence-corrected chi connectivity index (χ2v) is 4.17. The van der Waals surface area contributed by atoms with Gasteiger partial charge in [-0.1, -0.05) is 13.3 Å². The van der Waals surface area contributed by atoms with Gasteiger partial charge in [-0.2, -0.15) is 0 Å². The van der Waals surface area contributed by atoms with Crippen LogP contribution in [-0.4, -0.2) is 25.8 Å². The number of nitrogens with one attached hydrogen (secondary N) is 1. The van der Waals surface area contributed by atoms with E-state index in [0.29, 0.717) is 0 Å². The standard InChI is InChI=1S/C11H25NO/c1-5-6-10-13-11(2,3)8-7-9-12-4/h12H,5-10H2,1-4H3. The van der Waals surface area contributed by atoms with Gasteiger partial charge >= 0.3 is 0 Å². The third kappa shape index (κ3) is 8.26. The summed E-state index contributed by atoms with van der Waals surface area (Å²) in [5.41, 5.74) is 0.0615. The van der Waals surface area contributed by atoms with Crippen LogP contribution < -0.4 is 5.32 Å². The molecule has 0 aromatic carbocycles. The van der Waals surface area contributed by atoms with Gasteiger partial charge in [0.1, 0.15) is 0 Å². The number of hydrogen-bond donors (Lipinski definition) is 1. The SMILES string of the molecule is CCCCOC(C)(C)CCCNC. The molecule has 2 nitrogen and oxygen atoms in total. The number of ether oxygens (including phenoxy) is 1. The number of hydrogen-bond acceptors (Lipinski definition) is 2. The first-order valence-corrected chi connectivity index (χ1v) is 5.41. The predicted molar refractivity (Wildman–Crippen MR) is 58.1 cm³/mol. The van der Waals surface area contributed by atoms with E-state index in [2.05, 4.69) is 26.1 Å². The van der Waals surface area contributed by atoms with Crippen molar-refractivity contribution in [3.63, 3.8) is 0 Å². The van der Waals surface area contributed by atoms with E-state index in [9.17, 15) is 0 Å². The summed E-state index contributed by atoms with van der Waals surface area (Å²) in [4.78, 5) is 0. The van der Waals surface area contributed by atoms with Gasteiger partial charge in [-0.05, 0) is 46.7 Å². The Morgan fingerprint density at radius 2 is 1.92 bits per heavy atom. The lowest BCUT2D eigenvalue weighted by Crippen LogP contribution is -2.26. The molecule has 0 aliphatic carbocycles. The molecule has 0 saturated heterocycles. The van der Waals surface area contributed by atoms with E-state index in [-0.39, 0.29) is 5.60 Å². The Morgan fingerprint density at radius 1 is 1.23 bits per heavy atom. The van der Waals surface area contributed by atoms with Crippen LogP contribution in [0.25, 0.3) is 0 Å². The van der Waals surface area contributed by atoms with E-state index in [1.807, 2.05) is 7.05 Å². The second-order valence-electron chi connectivity index (χ2n) is 4.17. The minimum atomic E-state index is 0.0615. The van der Waals surface area contributed by atoms with Gasteiger partial charge in [0, 0.05) is 6.61 Å². The van der Waals surface area contributed by atoms with Crippen molar-refractivity contribution < 1.29 is 4.74 Å². The lowest BCUT2D eigenvalue weighted by molar-refractivity contribution is -0.0256. The van der Waals surface area contributed by atoms with E-state index in [1.165, 1.54) is 19.3 Å². The normalized spacial score (nSPS) is 12.0. The minimum Gasteiger partial charge on any atom is -0.376 e. The summed E-state index contributed by atoms with van der Waals surface area (Å²) in [6.07, 6.45) is 4.72. The molecule has 0 atom stereocenters. The molecule has 0 amide bonds. The quantitative estimate of drug-likeness (QED) is 0.590. The molecular weight excluding hydrogens is 162 g/mol. The molecule has 0 aromatic heterocycles. The zero-order valence-corrected chi connectivity index (χ0v) is 9.65. The molecule has 0 spiro atoms. The van der Waals surface area contributed by atoms with Crippen molar-refractivity contribution in [3.05, 3.63) is 0 Å². The van der Waals surface area contributed by atoms with E-state index >= 15 is 0 Å². The van der Waals surface area contributed by atoms with E-state index in [4.69, 9.17) is 4.74 Å². The number of rotatable bonds is 8. The monoisotopic (exact) mass is 187 g/mol. The fourth-order valence-electron chi connectivity index (χ4n) is 1.26. The molecule has 13 heavy (non-hydrogen) atoms. The molecule has 1 N–H and O–H groups in total. The van der Waals surface area contributed by atoms with Crippen molar-refractivity contribution in [3.8, 4) is 0 Å². The Morgan fingerprint density at radius 3 is 2.46 bits per heavy atom. The molecule has 0 heterocycles. The van der Waals surface area contributed by atoms with Crippen LogP contribution in [0.4, 0.5) is 0 Å². The molecule has 80 valence electrons. The first-order valence-electron chi connectivity index (χ1n) is 5.41. The largest absolute Gasteiger partial charge is 0.376 e. The molecule has 0 radical (unpaired) electrons. The topological polar surface area (TPSA) is 21.3 Å². The van der Waals surface area contributed by atoms with Gasteiger partial charge in [-0.25, -0.2) is 0 Å². The van der Waals surface area contributed by atoms with Gasteiger partial charge in [0.15, 0.2) is 0 Å². The Kier molecular flexibility index (Phi) is 7.29. The molecule has 0 unspecified atom stereocenters. The molecule has 0 rings (SSSR count). The second kappa shape index (κ2) is 7.34. The third-order valence-corrected chi connectivity index (χ3v) is 2.20. The average Bonchev–Trinajstić information content (AvgIpc) is 2.05. The first kappa shape index (κ1) is 12.9. The van der Waals surface area contributed by atoms with Gasteiger partial charge in [-0.3, -0.25) is 0 Å². The van der Waals surface area contributed by atoms with Gasteiger partial charge in [-0.15, -0.1) is 0 Å². The fraction of sp³-hybridized carbons (Fsp3) is 1.00. The molecule has 0 aromatic rings. The van der Waals surface area contributed by atoms with Crippen LogP contribution in [0.15, 0.2) is 0 Å². The van der Waals surface area contributed by atoms with Crippen molar-refractivity contribution >= 4 is 0 Å². The van der Waals surface area contributed by atoms with Gasteiger partial charge in [0.25, 0.3) is 0 Å². The molecule has 0 bridgehead atoms. The Labute approximate surface area is 83.1 Å². The summed E-state index contributed by atoms with van der Waals surface area (Å²) in [5.74, 6) is 0.